The van der Waals surface area contributed by atoms with E-state index in [-0.39, 0.29) is 5.56 Å². The second-order valence-electron chi connectivity index (χ2n) is 5.87. The molecule has 0 radical (unpaired) electrons. The van der Waals surface area contributed by atoms with Gasteiger partial charge in [0.25, 0.3) is 5.56 Å². The Balaban J connectivity index is 1.70. The fourth-order valence-corrected chi connectivity index (χ4v) is 5.12. The SMILES string of the molecule is Cn1c(SCc2cccc(Br)c2)nc2cc(-c3ccccc3)sc2c1=O. The Labute approximate surface area is 167 Å². The van der Waals surface area contributed by atoms with Crippen LogP contribution < -0.4 is 5.56 Å². The van der Waals surface area contributed by atoms with Crippen molar-refractivity contribution in [3.8, 4) is 10.4 Å². The number of thioether (sulfide) groups is 1. The molecule has 3 nitrogen and oxygen atoms in total. The maximum atomic E-state index is 12.8. The smallest absolute Gasteiger partial charge is 0.271 e. The lowest BCUT2D eigenvalue weighted by molar-refractivity contribution is 0.728. The van der Waals surface area contributed by atoms with Crippen molar-refractivity contribution in [3.05, 3.63) is 81.1 Å². The number of nitrogens with zero attached hydrogens (tertiary/aromatic N) is 2. The molecule has 2 heterocycles. The minimum atomic E-state index is 0.0129. The minimum absolute atomic E-state index is 0.0129. The van der Waals surface area contributed by atoms with Crippen molar-refractivity contribution in [1.82, 2.24) is 9.55 Å². The number of rotatable bonds is 4. The first kappa shape index (κ1) is 17.5. The Morgan fingerprint density at radius 1 is 1.12 bits per heavy atom. The molecule has 0 saturated heterocycles. The largest absolute Gasteiger partial charge is 0.290 e. The van der Waals surface area contributed by atoms with Crippen molar-refractivity contribution in [1.29, 1.82) is 0 Å². The van der Waals surface area contributed by atoms with E-state index in [0.717, 1.165) is 31.3 Å². The van der Waals surface area contributed by atoms with Gasteiger partial charge in [-0.25, -0.2) is 4.98 Å². The third-order valence-corrected chi connectivity index (χ3v) is 6.79. The number of aromatic nitrogens is 2. The van der Waals surface area contributed by atoms with Crippen molar-refractivity contribution in [3.63, 3.8) is 0 Å². The molecule has 0 spiro atoms. The van der Waals surface area contributed by atoms with E-state index < -0.39 is 0 Å². The molecular weight excluding hydrogens is 428 g/mol. The highest BCUT2D eigenvalue weighted by molar-refractivity contribution is 9.10. The van der Waals surface area contributed by atoms with Crippen LogP contribution in [0.25, 0.3) is 20.7 Å². The second-order valence-corrected chi connectivity index (χ2v) is 8.78. The molecule has 4 aromatic rings. The number of thiophene rings is 1. The Bertz CT molecular complexity index is 1140. The zero-order chi connectivity index (χ0) is 18.1. The van der Waals surface area contributed by atoms with E-state index >= 15 is 0 Å². The molecule has 0 N–H and O–H groups in total. The normalized spacial score (nSPS) is 11.2. The average molecular weight is 443 g/mol. The first-order valence-corrected chi connectivity index (χ1v) is 10.6. The van der Waals surface area contributed by atoms with Gasteiger partial charge < -0.3 is 0 Å². The summed E-state index contributed by atoms with van der Waals surface area (Å²) in [6, 6.07) is 20.3. The molecule has 0 amide bonds. The molecule has 2 aromatic carbocycles. The quantitative estimate of drug-likeness (QED) is 0.299. The van der Waals surface area contributed by atoms with Gasteiger partial charge in [0.1, 0.15) is 4.70 Å². The third-order valence-electron chi connectivity index (χ3n) is 4.03. The van der Waals surface area contributed by atoms with Crippen molar-refractivity contribution in [2.24, 2.45) is 7.05 Å². The number of halogens is 1. The fraction of sp³-hybridized carbons (Fsp3) is 0.100. The molecule has 0 aliphatic carbocycles. The van der Waals surface area contributed by atoms with Gasteiger partial charge in [0.05, 0.1) is 5.52 Å². The molecule has 6 heteroatoms. The topological polar surface area (TPSA) is 34.9 Å². The predicted molar refractivity (Wildman–Crippen MR) is 114 cm³/mol. The van der Waals surface area contributed by atoms with Gasteiger partial charge in [-0.3, -0.25) is 9.36 Å². The molecule has 2 aromatic heterocycles. The van der Waals surface area contributed by atoms with E-state index in [1.54, 1.807) is 23.4 Å². The molecule has 26 heavy (non-hydrogen) atoms. The van der Waals surface area contributed by atoms with E-state index in [4.69, 9.17) is 4.98 Å². The number of fused-ring (bicyclic) bond motifs is 1. The maximum Gasteiger partial charge on any atom is 0.271 e. The third kappa shape index (κ3) is 3.49. The summed E-state index contributed by atoms with van der Waals surface area (Å²) in [6.07, 6.45) is 0. The van der Waals surface area contributed by atoms with Crippen LogP contribution in [0.3, 0.4) is 0 Å². The Morgan fingerprint density at radius 2 is 1.92 bits per heavy atom. The summed E-state index contributed by atoms with van der Waals surface area (Å²) in [5.41, 5.74) is 3.09. The zero-order valence-corrected chi connectivity index (χ0v) is 17.2. The molecule has 130 valence electrons. The van der Waals surface area contributed by atoms with Gasteiger partial charge >= 0.3 is 0 Å². The summed E-state index contributed by atoms with van der Waals surface area (Å²) in [7, 11) is 1.79. The summed E-state index contributed by atoms with van der Waals surface area (Å²) in [5.74, 6) is 0.765. The highest BCUT2D eigenvalue weighted by Crippen LogP contribution is 2.32. The van der Waals surface area contributed by atoms with Crippen LogP contribution in [0.5, 0.6) is 0 Å². The fourth-order valence-electron chi connectivity index (χ4n) is 2.68. The van der Waals surface area contributed by atoms with E-state index in [9.17, 15) is 4.79 Å². The van der Waals surface area contributed by atoms with E-state index in [0.29, 0.717) is 4.70 Å². The van der Waals surface area contributed by atoms with Crippen molar-refractivity contribution >= 4 is 49.2 Å². The average Bonchev–Trinajstić information content (AvgIpc) is 3.09. The first-order chi connectivity index (χ1) is 12.6. The second kappa shape index (κ2) is 7.39. The summed E-state index contributed by atoms with van der Waals surface area (Å²) in [5, 5.41) is 0.736. The highest BCUT2D eigenvalue weighted by atomic mass is 79.9. The molecular formula is C20H15BrN2OS2. The summed E-state index contributed by atoms with van der Waals surface area (Å²) in [6.45, 7) is 0. The van der Waals surface area contributed by atoms with Crippen LogP contribution in [0.4, 0.5) is 0 Å². The van der Waals surface area contributed by atoms with Crippen molar-refractivity contribution < 1.29 is 0 Å². The summed E-state index contributed by atoms with van der Waals surface area (Å²) >= 11 is 6.58. The summed E-state index contributed by atoms with van der Waals surface area (Å²) in [4.78, 5) is 18.6. The van der Waals surface area contributed by atoms with Gasteiger partial charge in [-0.2, -0.15) is 0 Å². The number of hydrogen-bond donors (Lipinski definition) is 0. The molecule has 0 bridgehead atoms. The molecule has 4 rings (SSSR count). The van der Waals surface area contributed by atoms with E-state index in [2.05, 4.69) is 40.2 Å². The van der Waals surface area contributed by atoms with Gasteiger partial charge in [0.2, 0.25) is 0 Å². The molecule has 0 fully saturated rings. The highest BCUT2D eigenvalue weighted by Gasteiger charge is 2.13. The van der Waals surface area contributed by atoms with Crippen LogP contribution in [-0.4, -0.2) is 9.55 Å². The van der Waals surface area contributed by atoms with Crippen LogP contribution >= 0.6 is 39.0 Å². The first-order valence-electron chi connectivity index (χ1n) is 8.05. The van der Waals surface area contributed by atoms with Gasteiger partial charge in [-0.15, -0.1) is 11.3 Å². The van der Waals surface area contributed by atoms with Crippen LogP contribution in [0.15, 0.2) is 75.1 Å². The van der Waals surface area contributed by atoms with Gasteiger partial charge in [0.15, 0.2) is 5.16 Å². The van der Waals surface area contributed by atoms with E-state index in [1.165, 1.54) is 16.9 Å². The molecule has 0 unspecified atom stereocenters. The van der Waals surface area contributed by atoms with Crippen LogP contribution in [0.2, 0.25) is 0 Å². The van der Waals surface area contributed by atoms with Crippen LogP contribution in [-0.2, 0) is 12.8 Å². The van der Waals surface area contributed by atoms with Crippen LogP contribution in [0.1, 0.15) is 5.56 Å². The Kier molecular flexibility index (Phi) is 4.98. The zero-order valence-electron chi connectivity index (χ0n) is 14.0. The minimum Gasteiger partial charge on any atom is -0.290 e. The Morgan fingerprint density at radius 3 is 2.69 bits per heavy atom. The van der Waals surface area contributed by atoms with Crippen LogP contribution in [0, 0.1) is 0 Å². The number of hydrogen-bond acceptors (Lipinski definition) is 4. The van der Waals surface area contributed by atoms with Crippen molar-refractivity contribution in [2.45, 2.75) is 10.9 Å². The molecule has 0 aliphatic rings. The van der Waals surface area contributed by atoms with Crippen molar-refractivity contribution in [2.75, 3.05) is 0 Å². The lowest BCUT2D eigenvalue weighted by Gasteiger charge is -2.07. The van der Waals surface area contributed by atoms with Gasteiger partial charge in [-0.1, -0.05) is 70.2 Å². The molecule has 0 saturated carbocycles. The monoisotopic (exact) mass is 442 g/mol. The van der Waals surface area contributed by atoms with E-state index in [1.807, 2.05) is 36.4 Å². The standard InChI is InChI=1S/C20H15BrN2OS2/c1-23-19(24)18-16(11-17(26-18)14-7-3-2-4-8-14)22-20(23)25-12-13-6-5-9-15(21)10-13/h2-11H,12H2,1H3. The number of benzene rings is 2. The molecule has 0 aliphatic heterocycles. The maximum absolute atomic E-state index is 12.8. The lowest BCUT2D eigenvalue weighted by Crippen LogP contribution is -2.18. The lowest BCUT2D eigenvalue weighted by atomic mass is 10.2. The molecule has 0 atom stereocenters. The summed E-state index contributed by atoms with van der Waals surface area (Å²) < 4.78 is 3.41. The predicted octanol–water partition coefficient (Wildman–Crippen LogP) is 5.72. The Hall–Kier alpha value is -1.89. The van der Waals surface area contributed by atoms with Gasteiger partial charge in [-0.05, 0) is 29.3 Å². The van der Waals surface area contributed by atoms with Gasteiger partial charge in [0, 0.05) is 22.2 Å².